The second kappa shape index (κ2) is 6.20. The predicted octanol–water partition coefficient (Wildman–Crippen LogP) is 1.48. The molecule has 2 rings (SSSR count). The van der Waals surface area contributed by atoms with Gasteiger partial charge in [0, 0.05) is 12.6 Å². The number of hydrogen-bond donors (Lipinski definition) is 2. The monoisotopic (exact) mass is 253 g/mol. The Labute approximate surface area is 108 Å². The maximum atomic E-state index is 10.6. The third kappa shape index (κ3) is 2.67. The molecule has 2 N–H and O–H groups in total. The highest BCUT2D eigenvalue weighted by Crippen LogP contribution is 2.30. The molecule has 18 heavy (non-hydrogen) atoms. The van der Waals surface area contributed by atoms with Crippen LogP contribution < -0.4 is 10.1 Å². The molecule has 1 fully saturated rings. The van der Waals surface area contributed by atoms with Crippen molar-refractivity contribution in [3.63, 3.8) is 0 Å². The van der Waals surface area contributed by atoms with Gasteiger partial charge in [-0.05, 0) is 25.8 Å². The van der Waals surface area contributed by atoms with Crippen LogP contribution in [0.15, 0.2) is 6.20 Å². The molecule has 2 atom stereocenters. The molecule has 0 amide bonds. The van der Waals surface area contributed by atoms with Gasteiger partial charge in [0.2, 0.25) is 0 Å². The minimum absolute atomic E-state index is 0.111. The number of nitrogens with one attached hydrogen (secondary N) is 1. The molecule has 0 bridgehead atoms. The summed E-state index contributed by atoms with van der Waals surface area (Å²) in [6, 6.07) is 0.111. The van der Waals surface area contributed by atoms with Crippen LogP contribution in [0, 0.1) is 0 Å². The molecule has 2 heterocycles. The van der Waals surface area contributed by atoms with E-state index >= 15 is 0 Å². The van der Waals surface area contributed by atoms with Crippen LogP contribution in [0.5, 0.6) is 5.75 Å². The fourth-order valence-electron chi connectivity index (χ4n) is 2.56. The van der Waals surface area contributed by atoms with Gasteiger partial charge in [-0.25, -0.2) is 0 Å². The minimum Gasteiger partial charge on any atom is -0.493 e. The zero-order valence-corrected chi connectivity index (χ0v) is 11.2. The van der Waals surface area contributed by atoms with E-state index in [-0.39, 0.29) is 6.04 Å². The lowest BCUT2D eigenvalue weighted by molar-refractivity contribution is 0.102. The number of methoxy groups -OCH3 is 1. The highest BCUT2D eigenvalue weighted by atomic mass is 16.5. The summed E-state index contributed by atoms with van der Waals surface area (Å²) < 4.78 is 7.17. The number of aromatic nitrogens is 2. The van der Waals surface area contributed by atoms with Gasteiger partial charge in [-0.1, -0.05) is 13.3 Å². The quantitative estimate of drug-likeness (QED) is 0.834. The van der Waals surface area contributed by atoms with Crippen molar-refractivity contribution in [3.05, 3.63) is 11.9 Å². The van der Waals surface area contributed by atoms with Crippen LogP contribution in [0.2, 0.25) is 0 Å². The zero-order valence-electron chi connectivity index (χ0n) is 11.2. The van der Waals surface area contributed by atoms with Crippen LogP contribution in [0.25, 0.3) is 0 Å². The van der Waals surface area contributed by atoms with Gasteiger partial charge in [0.25, 0.3) is 0 Å². The summed E-state index contributed by atoms with van der Waals surface area (Å²) in [4.78, 5) is 0. The fraction of sp³-hybridized carbons (Fsp3) is 0.769. The maximum absolute atomic E-state index is 10.6. The zero-order chi connectivity index (χ0) is 13.0. The van der Waals surface area contributed by atoms with Crippen molar-refractivity contribution in [1.82, 2.24) is 15.1 Å². The first-order valence-corrected chi connectivity index (χ1v) is 6.79. The van der Waals surface area contributed by atoms with E-state index in [2.05, 4.69) is 17.3 Å². The SMILES string of the molecule is CCCn1ncc(OC)c1C(O)C1CCCCN1. The van der Waals surface area contributed by atoms with Crippen LogP contribution in [0.1, 0.15) is 44.4 Å². The topological polar surface area (TPSA) is 59.3 Å². The molecule has 0 aromatic carbocycles. The lowest BCUT2D eigenvalue weighted by Crippen LogP contribution is -2.39. The molecular weight excluding hydrogens is 230 g/mol. The first kappa shape index (κ1) is 13.4. The van der Waals surface area contributed by atoms with Gasteiger partial charge in [-0.15, -0.1) is 0 Å². The molecule has 2 unspecified atom stereocenters. The Bertz CT molecular complexity index is 372. The third-order valence-corrected chi connectivity index (χ3v) is 3.51. The number of ether oxygens (including phenoxy) is 1. The first-order chi connectivity index (χ1) is 8.77. The summed E-state index contributed by atoms with van der Waals surface area (Å²) in [5, 5.41) is 18.2. The lowest BCUT2D eigenvalue weighted by Gasteiger charge is -2.28. The van der Waals surface area contributed by atoms with E-state index in [1.807, 2.05) is 4.68 Å². The van der Waals surface area contributed by atoms with Gasteiger partial charge >= 0.3 is 0 Å². The first-order valence-electron chi connectivity index (χ1n) is 6.79. The Morgan fingerprint density at radius 1 is 1.61 bits per heavy atom. The summed E-state index contributed by atoms with van der Waals surface area (Å²) in [6.45, 7) is 3.89. The minimum atomic E-state index is -0.547. The van der Waals surface area contributed by atoms with Crippen molar-refractivity contribution in [3.8, 4) is 5.75 Å². The average Bonchev–Trinajstić information content (AvgIpc) is 2.82. The number of piperidine rings is 1. The van der Waals surface area contributed by atoms with Crippen molar-refractivity contribution >= 4 is 0 Å². The predicted molar refractivity (Wildman–Crippen MR) is 69.7 cm³/mol. The van der Waals surface area contributed by atoms with E-state index in [9.17, 15) is 5.11 Å². The molecule has 0 saturated carbocycles. The van der Waals surface area contributed by atoms with E-state index in [1.165, 1.54) is 12.8 Å². The normalized spacial score (nSPS) is 21.8. The summed E-state index contributed by atoms with van der Waals surface area (Å²) >= 11 is 0. The van der Waals surface area contributed by atoms with Gasteiger partial charge in [-0.3, -0.25) is 4.68 Å². The van der Waals surface area contributed by atoms with Gasteiger partial charge in [0.05, 0.1) is 13.3 Å². The van der Waals surface area contributed by atoms with E-state index in [4.69, 9.17) is 4.74 Å². The van der Waals surface area contributed by atoms with Crippen LogP contribution in [0.3, 0.4) is 0 Å². The second-order valence-electron chi connectivity index (χ2n) is 4.82. The molecule has 5 nitrogen and oxygen atoms in total. The Morgan fingerprint density at radius 3 is 3.06 bits per heavy atom. The molecule has 1 aliphatic heterocycles. The largest absolute Gasteiger partial charge is 0.493 e. The molecule has 0 spiro atoms. The molecule has 1 aromatic heterocycles. The van der Waals surface area contributed by atoms with E-state index in [1.54, 1.807) is 13.3 Å². The van der Waals surface area contributed by atoms with Crippen LogP contribution in [0.4, 0.5) is 0 Å². The summed E-state index contributed by atoms with van der Waals surface area (Å²) in [5.41, 5.74) is 0.804. The summed E-state index contributed by atoms with van der Waals surface area (Å²) in [6.07, 6.45) is 5.49. The number of nitrogens with zero attached hydrogens (tertiary/aromatic N) is 2. The van der Waals surface area contributed by atoms with Gasteiger partial charge < -0.3 is 15.2 Å². The molecule has 0 radical (unpaired) electrons. The molecular formula is C13H23N3O2. The van der Waals surface area contributed by atoms with Crippen molar-refractivity contribution in [2.24, 2.45) is 0 Å². The number of hydrogen-bond acceptors (Lipinski definition) is 4. The Balaban J connectivity index is 2.20. The standard InChI is InChI=1S/C13H23N3O2/c1-3-8-16-12(11(18-2)9-15-16)13(17)10-6-4-5-7-14-10/h9-10,13-14,17H,3-8H2,1-2H3. The van der Waals surface area contributed by atoms with Crippen molar-refractivity contribution in [2.75, 3.05) is 13.7 Å². The maximum Gasteiger partial charge on any atom is 0.162 e. The smallest absolute Gasteiger partial charge is 0.162 e. The molecule has 1 aliphatic rings. The molecule has 102 valence electrons. The number of rotatable bonds is 5. The number of aliphatic hydroxyl groups is 1. The summed E-state index contributed by atoms with van der Waals surface area (Å²) in [7, 11) is 1.62. The second-order valence-corrected chi connectivity index (χ2v) is 4.82. The van der Waals surface area contributed by atoms with E-state index < -0.39 is 6.10 Å². The van der Waals surface area contributed by atoms with Crippen molar-refractivity contribution in [1.29, 1.82) is 0 Å². The Morgan fingerprint density at radius 2 is 2.44 bits per heavy atom. The van der Waals surface area contributed by atoms with Gasteiger partial charge in [-0.2, -0.15) is 5.10 Å². The highest BCUT2D eigenvalue weighted by molar-refractivity contribution is 5.28. The molecule has 1 saturated heterocycles. The fourth-order valence-corrected chi connectivity index (χ4v) is 2.56. The summed E-state index contributed by atoms with van der Waals surface area (Å²) in [5.74, 6) is 0.684. The van der Waals surface area contributed by atoms with Gasteiger partial charge in [0.15, 0.2) is 5.75 Å². The Hall–Kier alpha value is -1.07. The lowest BCUT2D eigenvalue weighted by atomic mass is 9.97. The van der Waals surface area contributed by atoms with Gasteiger partial charge in [0.1, 0.15) is 11.8 Å². The van der Waals surface area contributed by atoms with E-state index in [0.29, 0.717) is 5.75 Å². The van der Waals surface area contributed by atoms with Crippen LogP contribution in [-0.4, -0.2) is 34.6 Å². The number of aryl methyl sites for hydroxylation is 1. The van der Waals surface area contributed by atoms with E-state index in [0.717, 1.165) is 31.6 Å². The third-order valence-electron chi connectivity index (χ3n) is 3.51. The van der Waals surface area contributed by atoms with Crippen LogP contribution >= 0.6 is 0 Å². The van der Waals surface area contributed by atoms with Crippen LogP contribution in [-0.2, 0) is 6.54 Å². The molecule has 0 aliphatic carbocycles. The average molecular weight is 253 g/mol. The van der Waals surface area contributed by atoms with Crippen molar-refractivity contribution < 1.29 is 9.84 Å². The highest BCUT2D eigenvalue weighted by Gasteiger charge is 2.28. The van der Waals surface area contributed by atoms with Crippen molar-refractivity contribution in [2.45, 2.75) is 51.3 Å². The number of aliphatic hydroxyl groups excluding tert-OH is 1. The molecule has 1 aromatic rings. The Kier molecular flexibility index (Phi) is 4.60. The molecule has 5 heteroatoms.